The van der Waals surface area contributed by atoms with Gasteiger partial charge in [-0.1, -0.05) is 12.1 Å². The second-order valence-corrected chi connectivity index (χ2v) is 8.68. The number of carbonyl (C=O) groups is 2. The normalized spacial score (nSPS) is 11.3. The third-order valence-corrected chi connectivity index (χ3v) is 6.08. The van der Waals surface area contributed by atoms with Crippen molar-refractivity contribution in [1.29, 1.82) is 0 Å². The SMILES string of the molecule is Cc1cc(OCC(=O)O)ccc1NC(=O)c1ccccc1S(=O)(=O)C(C)C. The quantitative estimate of drug-likeness (QED) is 0.751. The van der Waals surface area contributed by atoms with Gasteiger partial charge in [0.15, 0.2) is 16.4 Å². The highest BCUT2D eigenvalue weighted by Crippen LogP contribution is 2.25. The van der Waals surface area contributed by atoms with Gasteiger partial charge in [-0.05, 0) is 56.7 Å². The van der Waals surface area contributed by atoms with Crippen LogP contribution in [-0.4, -0.2) is 37.3 Å². The average molecular weight is 391 g/mol. The van der Waals surface area contributed by atoms with Crippen LogP contribution in [0.25, 0.3) is 0 Å². The molecule has 2 N–H and O–H groups in total. The van der Waals surface area contributed by atoms with Crippen LogP contribution < -0.4 is 10.1 Å². The molecule has 2 aromatic rings. The summed E-state index contributed by atoms with van der Waals surface area (Å²) in [5.74, 6) is -1.28. The molecule has 2 rings (SSSR count). The van der Waals surface area contributed by atoms with Crippen molar-refractivity contribution in [3.05, 3.63) is 53.6 Å². The van der Waals surface area contributed by atoms with Crippen LogP contribution in [-0.2, 0) is 14.6 Å². The van der Waals surface area contributed by atoms with Gasteiger partial charge >= 0.3 is 5.97 Å². The smallest absolute Gasteiger partial charge is 0.341 e. The summed E-state index contributed by atoms with van der Waals surface area (Å²) < 4.78 is 30.1. The fourth-order valence-electron chi connectivity index (χ4n) is 2.36. The summed E-state index contributed by atoms with van der Waals surface area (Å²) in [7, 11) is -3.61. The summed E-state index contributed by atoms with van der Waals surface area (Å²) >= 11 is 0. The van der Waals surface area contributed by atoms with E-state index in [0.717, 1.165) is 0 Å². The van der Waals surface area contributed by atoms with E-state index in [-0.39, 0.29) is 10.5 Å². The molecule has 0 bridgehead atoms. The molecule has 0 aromatic heterocycles. The van der Waals surface area contributed by atoms with Crippen LogP contribution in [0, 0.1) is 6.92 Å². The van der Waals surface area contributed by atoms with E-state index in [4.69, 9.17) is 9.84 Å². The van der Waals surface area contributed by atoms with Gasteiger partial charge in [-0.15, -0.1) is 0 Å². The first-order valence-electron chi connectivity index (χ1n) is 8.22. The van der Waals surface area contributed by atoms with Gasteiger partial charge < -0.3 is 15.2 Å². The van der Waals surface area contributed by atoms with Crippen molar-refractivity contribution in [2.75, 3.05) is 11.9 Å². The minimum absolute atomic E-state index is 0.0171. The average Bonchev–Trinajstić information content (AvgIpc) is 2.61. The lowest BCUT2D eigenvalue weighted by atomic mass is 10.1. The molecule has 0 saturated heterocycles. The molecular formula is C19H21NO6S. The number of carboxylic acid groups (broad SMARTS) is 1. The lowest BCUT2D eigenvalue weighted by molar-refractivity contribution is -0.139. The van der Waals surface area contributed by atoms with Crippen LogP contribution in [0.3, 0.4) is 0 Å². The molecule has 27 heavy (non-hydrogen) atoms. The van der Waals surface area contributed by atoms with Crippen LogP contribution in [0.1, 0.15) is 29.8 Å². The molecule has 0 heterocycles. The van der Waals surface area contributed by atoms with E-state index >= 15 is 0 Å². The van der Waals surface area contributed by atoms with Crippen LogP contribution >= 0.6 is 0 Å². The van der Waals surface area contributed by atoms with Crippen molar-refractivity contribution in [3.8, 4) is 5.75 Å². The Balaban J connectivity index is 2.28. The largest absolute Gasteiger partial charge is 0.482 e. The molecule has 2 aromatic carbocycles. The second-order valence-electron chi connectivity index (χ2n) is 6.20. The summed E-state index contributed by atoms with van der Waals surface area (Å²) in [4.78, 5) is 23.2. The van der Waals surface area contributed by atoms with Gasteiger partial charge in [0, 0.05) is 5.69 Å². The molecule has 8 heteroatoms. The van der Waals surface area contributed by atoms with Gasteiger partial charge in [-0.2, -0.15) is 0 Å². The first-order chi connectivity index (χ1) is 12.6. The maximum absolute atomic E-state index is 12.7. The Hall–Kier alpha value is -2.87. The van der Waals surface area contributed by atoms with Gasteiger partial charge in [-0.3, -0.25) is 4.79 Å². The standard InChI is InChI=1S/C19H21NO6S/c1-12(2)27(24,25)17-7-5-4-6-15(17)19(23)20-16-9-8-14(10-13(16)3)26-11-18(21)22/h4-10,12H,11H2,1-3H3,(H,20,23)(H,21,22). The number of aliphatic carboxylic acids is 1. The first-order valence-corrected chi connectivity index (χ1v) is 9.77. The zero-order valence-electron chi connectivity index (χ0n) is 15.2. The maximum atomic E-state index is 12.7. The molecule has 0 atom stereocenters. The zero-order chi connectivity index (χ0) is 20.2. The van der Waals surface area contributed by atoms with Gasteiger partial charge in [0.1, 0.15) is 5.75 Å². The highest BCUT2D eigenvalue weighted by atomic mass is 32.2. The van der Waals surface area contributed by atoms with Crippen molar-refractivity contribution in [2.45, 2.75) is 30.9 Å². The zero-order valence-corrected chi connectivity index (χ0v) is 16.0. The molecule has 0 saturated carbocycles. The lowest BCUT2D eigenvalue weighted by Gasteiger charge is -2.14. The number of nitrogens with one attached hydrogen (secondary N) is 1. The summed E-state index contributed by atoms with van der Waals surface area (Å²) in [5.41, 5.74) is 1.19. The van der Waals surface area contributed by atoms with Gasteiger partial charge in [0.05, 0.1) is 15.7 Å². The second kappa shape index (κ2) is 8.22. The molecule has 0 aliphatic rings. The number of amides is 1. The third-order valence-electron chi connectivity index (χ3n) is 3.87. The highest BCUT2D eigenvalue weighted by molar-refractivity contribution is 7.92. The monoisotopic (exact) mass is 391 g/mol. The number of carboxylic acids is 1. The molecule has 0 aliphatic heterocycles. The Morgan fingerprint density at radius 2 is 1.81 bits per heavy atom. The highest BCUT2D eigenvalue weighted by Gasteiger charge is 2.25. The van der Waals surface area contributed by atoms with Crippen LogP contribution in [0.2, 0.25) is 0 Å². The van der Waals surface area contributed by atoms with Crippen LogP contribution in [0.4, 0.5) is 5.69 Å². The van der Waals surface area contributed by atoms with Crippen molar-refractivity contribution >= 4 is 27.4 Å². The molecule has 144 valence electrons. The fourth-order valence-corrected chi connectivity index (χ4v) is 3.60. The predicted octanol–water partition coefficient (Wildman–Crippen LogP) is 2.89. The molecule has 7 nitrogen and oxygen atoms in total. The summed E-state index contributed by atoms with van der Waals surface area (Å²) in [6, 6.07) is 10.8. The third kappa shape index (κ3) is 4.85. The molecule has 0 unspecified atom stereocenters. The van der Waals surface area contributed by atoms with Crippen molar-refractivity contribution < 1.29 is 27.9 Å². The van der Waals surface area contributed by atoms with E-state index in [1.165, 1.54) is 18.2 Å². The number of ether oxygens (including phenoxy) is 1. The Kier molecular flexibility index (Phi) is 6.22. The lowest BCUT2D eigenvalue weighted by Crippen LogP contribution is -2.21. The number of aryl methyl sites for hydroxylation is 1. The minimum atomic E-state index is -3.61. The van der Waals surface area contributed by atoms with E-state index in [2.05, 4.69) is 5.32 Å². The maximum Gasteiger partial charge on any atom is 0.341 e. The number of anilines is 1. The van der Waals surface area contributed by atoms with Crippen molar-refractivity contribution in [2.24, 2.45) is 0 Å². The molecule has 1 amide bonds. The number of carbonyl (C=O) groups excluding carboxylic acids is 1. The van der Waals surface area contributed by atoms with Gasteiger partial charge in [-0.25, -0.2) is 13.2 Å². The summed E-state index contributed by atoms with van der Waals surface area (Å²) in [6.07, 6.45) is 0. The fraction of sp³-hybridized carbons (Fsp3) is 0.263. The molecule has 0 fully saturated rings. The van der Waals surface area contributed by atoms with Crippen LogP contribution in [0.5, 0.6) is 5.75 Å². The minimum Gasteiger partial charge on any atom is -0.482 e. The Morgan fingerprint density at radius 3 is 2.41 bits per heavy atom. The topological polar surface area (TPSA) is 110 Å². The molecule has 0 aliphatic carbocycles. The number of hydrogen-bond acceptors (Lipinski definition) is 5. The summed E-state index contributed by atoms with van der Waals surface area (Å²) in [5, 5.41) is 10.7. The van der Waals surface area contributed by atoms with E-state index in [1.54, 1.807) is 45.0 Å². The van der Waals surface area contributed by atoms with E-state index < -0.39 is 33.6 Å². The molecule has 0 radical (unpaired) electrons. The first kappa shape index (κ1) is 20.4. The predicted molar refractivity (Wildman–Crippen MR) is 101 cm³/mol. The van der Waals surface area contributed by atoms with Crippen molar-refractivity contribution in [1.82, 2.24) is 0 Å². The Labute approximate surface area is 157 Å². The van der Waals surface area contributed by atoms with Crippen LogP contribution in [0.15, 0.2) is 47.4 Å². The number of rotatable bonds is 7. The summed E-state index contributed by atoms with van der Waals surface area (Å²) in [6.45, 7) is 4.37. The number of sulfone groups is 1. The number of hydrogen-bond donors (Lipinski definition) is 2. The van der Waals surface area contributed by atoms with E-state index in [9.17, 15) is 18.0 Å². The van der Waals surface area contributed by atoms with Crippen molar-refractivity contribution in [3.63, 3.8) is 0 Å². The molecule has 0 spiro atoms. The molecular weight excluding hydrogens is 370 g/mol. The Bertz CT molecular complexity index is 966. The number of benzene rings is 2. The van der Waals surface area contributed by atoms with E-state index in [1.807, 2.05) is 0 Å². The Morgan fingerprint density at radius 1 is 1.15 bits per heavy atom. The van der Waals surface area contributed by atoms with Gasteiger partial charge in [0.2, 0.25) is 0 Å². The van der Waals surface area contributed by atoms with Gasteiger partial charge in [0.25, 0.3) is 5.91 Å². The van der Waals surface area contributed by atoms with E-state index in [0.29, 0.717) is 17.0 Å².